The van der Waals surface area contributed by atoms with Crippen LogP contribution in [-0.2, 0) is 16.6 Å². The zero-order chi connectivity index (χ0) is 17.6. The molecule has 0 unspecified atom stereocenters. The van der Waals surface area contributed by atoms with Gasteiger partial charge in [-0.05, 0) is 42.4 Å². The summed E-state index contributed by atoms with van der Waals surface area (Å²) in [5.74, 6) is 0.0371. The Bertz CT molecular complexity index is 849. The van der Waals surface area contributed by atoms with Crippen LogP contribution in [-0.4, -0.2) is 46.4 Å². The number of carbonyl (C=O) groups excluding carboxylic acids is 2. The molecule has 2 amide bonds. The molecule has 130 valence electrons. The summed E-state index contributed by atoms with van der Waals surface area (Å²) in [6, 6.07) is 7.92. The molecule has 7 heteroatoms. The molecule has 3 heterocycles. The lowest BCUT2D eigenvalue weighted by molar-refractivity contribution is -0.124. The summed E-state index contributed by atoms with van der Waals surface area (Å²) >= 11 is 1.15. The van der Waals surface area contributed by atoms with E-state index in [1.165, 1.54) is 0 Å². The minimum absolute atomic E-state index is 0.0502. The quantitative estimate of drug-likeness (QED) is 0.828. The van der Waals surface area contributed by atoms with Gasteiger partial charge in [-0.15, -0.1) is 5.10 Å². The molecule has 2 aliphatic heterocycles. The van der Waals surface area contributed by atoms with Gasteiger partial charge in [0.05, 0.1) is 11.1 Å². The number of nitrogens with zero attached hydrogens (tertiary/aromatic N) is 4. The number of anilines is 1. The summed E-state index contributed by atoms with van der Waals surface area (Å²) in [4.78, 5) is 30.2. The van der Waals surface area contributed by atoms with E-state index in [1.807, 2.05) is 43.1 Å². The van der Waals surface area contributed by atoms with Crippen LogP contribution in [0.5, 0.6) is 0 Å². The molecule has 0 saturated carbocycles. The first-order valence-electron chi connectivity index (χ1n) is 8.56. The van der Waals surface area contributed by atoms with Crippen LogP contribution in [0.25, 0.3) is 0 Å². The summed E-state index contributed by atoms with van der Waals surface area (Å²) in [5.41, 5.74) is 2.11. The highest BCUT2D eigenvalue weighted by atomic mass is 32.1. The number of hydrogen-bond acceptors (Lipinski definition) is 5. The summed E-state index contributed by atoms with van der Waals surface area (Å²) < 4.78 is 3.93. The van der Waals surface area contributed by atoms with Gasteiger partial charge in [-0.3, -0.25) is 9.59 Å². The van der Waals surface area contributed by atoms with Crippen molar-refractivity contribution in [3.8, 4) is 0 Å². The molecule has 1 fully saturated rings. The average molecular weight is 356 g/mol. The minimum atomic E-state index is -0.621. The van der Waals surface area contributed by atoms with Gasteiger partial charge in [0.1, 0.15) is 4.88 Å². The van der Waals surface area contributed by atoms with E-state index in [0.29, 0.717) is 24.4 Å². The number of hydrogen-bond donors (Lipinski definition) is 0. The number of likely N-dealkylation sites (N-methyl/N-ethyl adjacent to an activating group) is 1. The van der Waals surface area contributed by atoms with Crippen molar-refractivity contribution in [2.24, 2.45) is 0 Å². The molecule has 0 radical (unpaired) electrons. The van der Waals surface area contributed by atoms with Crippen molar-refractivity contribution in [3.63, 3.8) is 0 Å². The number of carbonyl (C=O) groups is 2. The second kappa shape index (κ2) is 5.91. The van der Waals surface area contributed by atoms with Gasteiger partial charge in [0.15, 0.2) is 0 Å². The number of fused-ring (bicyclic) bond motifs is 2. The number of rotatable bonds is 2. The van der Waals surface area contributed by atoms with Crippen molar-refractivity contribution in [1.29, 1.82) is 0 Å². The predicted molar refractivity (Wildman–Crippen MR) is 96.0 cm³/mol. The molecule has 6 nitrogen and oxygen atoms in total. The smallest absolute Gasteiger partial charge is 0.267 e. The highest BCUT2D eigenvalue weighted by Gasteiger charge is 2.52. The van der Waals surface area contributed by atoms with E-state index in [1.54, 1.807) is 4.90 Å². The van der Waals surface area contributed by atoms with E-state index in [0.717, 1.165) is 41.3 Å². The lowest BCUT2D eigenvalue weighted by Gasteiger charge is -2.39. The van der Waals surface area contributed by atoms with E-state index in [-0.39, 0.29) is 11.8 Å². The summed E-state index contributed by atoms with van der Waals surface area (Å²) in [7, 11) is 1.82. The minimum Gasteiger partial charge on any atom is -0.336 e. The maximum atomic E-state index is 13.1. The molecule has 0 bridgehead atoms. The van der Waals surface area contributed by atoms with Gasteiger partial charge >= 0.3 is 0 Å². The van der Waals surface area contributed by atoms with E-state index in [2.05, 4.69) is 9.59 Å². The zero-order valence-corrected chi connectivity index (χ0v) is 15.2. The van der Waals surface area contributed by atoms with E-state index in [4.69, 9.17) is 0 Å². The molecule has 1 saturated heterocycles. The first-order chi connectivity index (χ1) is 12.1. The van der Waals surface area contributed by atoms with E-state index in [9.17, 15) is 9.59 Å². The van der Waals surface area contributed by atoms with Gasteiger partial charge in [-0.2, -0.15) is 0 Å². The summed E-state index contributed by atoms with van der Waals surface area (Å²) in [6.07, 6.45) is 2.27. The van der Waals surface area contributed by atoms with Crippen molar-refractivity contribution >= 4 is 29.0 Å². The lowest BCUT2D eigenvalue weighted by atomic mass is 9.75. The van der Waals surface area contributed by atoms with Crippen LogP contribution in [0.15, 0.2) is 24.3 Å². The molecular formula is C18H20N4O2S. The third-order valence-corrected chi connectivity index (χ3v) is 6.12. The number of para-hydroxylation sites is 1. The Balaban J connectivity index is 1.70. The molecule has 1 atom stereocenters. The van der Waals surface area contributed by atoms with Crippen LogP contribution in [0.3, 0.4) is 0 Å². The molecule has 25 heavy (non-hydrogen) atoms. The van der Waals surface area contributed by atoms with Gasteiger partial charge in [0, 0.05) is 25.8 Å². The van der Waals surface area contributed by atoms with Gasteiger partial charge in [0.25, 0.3) is 5.91 Å². The number of aryl methyl sites for hydroxylation is 1. The van der Waals surface area contributed by atoms with Gasteiger partial charge in [-0.25, -0.2) is 0 Å². The Morgan fingerprint density at radius 1 is 1.36 bits per heavy atom. The van der Waals surface area contributed by atoms with Crippen molar-refractivity contribution in [3.05, 3.63) is 40.4 Å². The highest BCUT2D eigenvalue weighted by Crippen LogP contribution is 2.46. The SMILES string of the molecule is CCc1nnsc1C(=O)N1CCC[C@]2(C1)C(=O)N(C)c1ccccc12. The largest absolute Gasteiger partial charge is 0.336 e. The van der Waals surface area contributed by atoms with Crippen molar-refractivity contribution in [2.45, 2.75) is 31.6 Å². The first-order valence-corrected chi connectivity index (χ1v) is 9.34. The van der Waals surface area contributed by atoms with Crippen LogP contribution in [0, 0.1) is 0 Å². The Kier molecular flexibility index (Phi) is 3.83. The Labute approximate surface area is 150 Å². The second-order valence-corrected chi connectivity index (χ2v) is 7.45. The Morgan fingerprint density at radius 3 is 2.96 bits per heavy atom. The third kappa shape index (κ3) is 2.29. The zero-order valence-electron chi connectivity index (χ0n) is 14.4. The molecule has 1 aromatic heterocycles. The fourth-order valence-corrected chi connectivity index (χ4v) is 4.80. The number of amides is 2. The van der Waals surface area contributed by atoms with Gasteiger partial charge in [-0.1, -0.05) is 29.6 Å². The molecule has 1 aromatic carbocycles. The Hall–Kier alpha value is -2.28. The molecular weight excluding hydrogens is 336 g/mol. The standard InChI is InChI=1S/C18H20N4O2S/c1-3-13-15(25-20-19-13)16(23)22-10-6-9-18(11-22)12-7-4-5-8-14(12)21(2)17(18)24/h4-5,7-8H,3,6,9-11H2,1-2H3/t18-/m1/s1. The van der Waals surface area contributed by atoms with Crippen LogP contribution in [0.1, 0.15) is 40.7 Å². The first kappa shape index (κ1) is 16.2. The third-order valence-electron chi connectivity index (χ3n) is 5.36. The normalized spacial score (nSPS) is 22.6. The summed E-state index contributed by atoms with van der Waals surface area (Å²) in [5, 5.41) is 4.05. The second-order valence-electron chi connectivity index (χ2n) is 6.70. The maximum absolute atomic E-state index is 13.1. The molecule has 2 aliphatic rings. The lowest BCUT2D eigenvalue weighted by Crippen LogP contribution is -2.53. The monoisotopic (exact) mass is 356 g/mol. The van der Waals surface area contributed by atoms with Crippen LogP contribution < -0.4 is 4.90 Å². The van der Waals surface area contributed by atoms with Crippen molar-refractivity contribution < 1.29 is 9.59 Å². The maximum Gasteiger partial charge on any atom is 0.267 e. The fraction of sp³-hybridized carbons (Fsp3) is 0.444. The number of benzene rings is 1. The average Bonchev–Trinajstić information content (AvgIpc) is 3.21. The predicted octanol–water partition coefficient (Wildman–Crippen LogP) is 2.25. The van der Waals surface area contributed by atoms with Gasteiger partial charge < -0.3 is 9.80 Å². The molecule has 0 aliphatic carbocycles. The van der Waals surface area contributed by atoms with E-state index >= 15 is 0 Å². The van der Waals surface area contributed by atoms with Crippen molar-refractivity contribution in [1.82, 2.24) is 14.5 Å². The number of aromatic nitrogens is 2. The van der Waals surface area contributed by atoms with Crippen LogP contribution >= 0.6 is 11.5 Å². The van der Waals surface area contributed by atoms with Gasteiger partial charge in [0.2, 0.25) is 5.91 Å². The number of likely N-dealkylation sites (tertiary alicyclic amines) is 1. The molecule has 0 N–H and O–H groups in total. The molecule has 1 spiro atoms. The summed E-state index contributed by atoms with van der Waals surface area (Å²) in [6.45, 7) is 3.06. The molecule has 4 rings (SSSR count). The van der Waals surface area contributed by atoms with Crippen LogP contribution in [0.4, 0.5) is 5.69 Å². The van der Waals surface area contributed by atoms with Crippen molar-refractivity contribution in [2.75, 3.05) is 25.0 Å². The topological polar surface area (TPSA) is 66.4 Å². The van der Waals surface area contributed by atoms with Crippen LogP contribution in [0.2, 0.25) is 0 Å². The number of piperidine rings is 1. The fourth-order valence-electron chi connectivity index (χ4n) is 4.09. The van der Waals surface area contributed by atoms with E-state index < -0.39 is 5.41 Å². The highest BCUT2D eigenvalue weighted by molar-refractivity contribution is 7.08. The molecule has 2 aromatic rings. The Morgan fingerprint density at radius 2 is 2.16 bits per heavy atom.